The van der Waals surface area contributed by atoms with E-state index in [-0.39, 0.29) is 24.3 Å². The largest absolute Gasteiger partial charge is 0.396 e. The third-order valence-electron chi connectivity index (χ3n) is 2.99. The molecule has 1 aliphatic heterocycles. The van der Waals surface area contributed by atoms with Crippen LogP contribution in [-0.2, 0) is 0 Å². The normalized spacial score (nSPS) is 16.2. The number of benzene rings is 1. The van der Waals surface area contributed by atoms with Gasteiger partial charge in [-0.05, 0) is 24.5 Å². The number of hydrogen-bond donors (Lipinski definition) is 1. The Labute approximate surface area is 99.9 Å². The number of carbonyl (C=O) groups is 2. The summed E-state index contributed by atoms with van der Waals surface area (Å²) in [4.78, 5) is 25.2. The number of hydrogen-bond acceptors (Lipinski definition) is 3. The van der Waals surface area contributed by atoms with E-state index in [0.717, 1.165) is 0 Å². The van der Waals surface area contributed by atoms with Crippen LogP contribution in [0.1, 0.15) is 34.1 Å². The molecule has 4 nitrogen and oxygen atoms in total. The van der Waals surface area contributed by atoms with Gasteiger partial charge in [-0.15, -0.1) is 0 Å². The van der Waals surface area contributed by atoms with Gasteiger partial charge in [0.2, 0.25) is 0 Å². The lowest BCUT2D eigenvalue weighted by Crippen LogP contribution is -2.34. The van der Waals surface area contributed by atoms with Crippen LogP contribution in [0.15, 0.2) is 24.3 Å². The van der Waals surface area contributed by atoms with Crippen LogP contribution >= 0.6 is 0 Å². The Morgan fingerprint density at radius 1 is 1.18 bits per heavy atom. The number of aliphatic hydroxyl groups excluding tert-OH is 1. The van der Waals surface area contributed by atoms with Crippen molar-refractivity contribution in [3.8, 4) is 0 Å². The molecule has 1 aromatic carbocycles. The van der Waals surface area contributed by atoms with Crippen molar-refractivity contribution < 1.29 is 14.7 Å². The zero-order chi connectivity index (χ0) is 12.4. The lowest BCUT2D eigenvalue weighted by atomic mass is 10.1. The third-order valence-corrected chi connectivity index (χ3v) is 2.99. The summed E-state index contributed by atoms with van der Waals surface area (Å²) >= 11 is 0. The van der Waals surface area contributed by atoms with Crippen LogP contribution in [0.25, 0.3) is 0 Å². The van der Waals surface area contributed by atoms with Gasteiger partial charge in [-0.3, -0.25) is 14.5 Å². The number of carbonyl (C=O) groups excluding carboxylic acids is 2. The standard InChI is InChI=1S/C13H15NO3/c1-9(6-7-15)8-14-12(16)10-4-2-3-5-11(10)13(14)17/h2-5,9,15H,6-8H2,1H3/t9-/m1/s1. The number of nitrogens with zero attached hydrogens (tertiary/aromatic N) is 1. The molecule has 0 saturated carbocycles. The van der Waals surface area contributed by atoms with Crippen molar-refractivity contribution in [3.05, 3.63) is 35.4 Å². The van der Waals surface area contributed by atoms with Gasteiger partial charge in [0.1, 0.15) is 0 Å². The highest BCUT2D eigenvalue weighted by Crippen LogP contribution is 2.23. The second-order valence-electron chi connectivity index (χ2n) is 4.38. The van der Waals surface area contributed by atoms with Crippen molar-refractivity contribution >= 4 is 11.8 Å². The predicted octanol–water partition coefficient (Wildman–Crippen LogP) is 1.30. The summed E-state index contributed by atoms with van der Waals surface area (Å²) in [6.07, 6.45) is 0.591. The topological polar surface area (TPSA) is 57.6 Å². The van der Waals surface area contributed by atoms with E-state index < -0.39 is 0 Å². The first-order valence-electron chi connectivity index (χ1n) is 5.71. The van der Waals surface area contributed by atoms with E-state index in [1.165, 1.54) is 4.90 Å². The third kappa shape index (κ3) is 2.08. The molecule has 1 heterocycles. The summed E-state index contributed by atoms with van der Waals surface area (Å²) in [6.45, 7) is 2.36. The molecule has 2 amide bonds. The first kappa shape index (κ1) is 11.8. The van der Waals surface area contributed by atoms with Crippen molar-refractivity contribution in [2.45, 2.75) is 13.3 Å². The first-order valence-corrected chi connectivity index (χ1v) is 5.71. The number of imide groups is 1. The summed E-state index contributed by atoms with van der Waals surface area (Å²) in [7, 11) is 0. The fourth-order valence-electron chi connectivity index (χ4n) is 2.03. The molecule has 17 heavy (non-hydrogen) atoms. The molecule has 0 radical (unpaired) electrons. The molecule has 1 atom stereocenters. The van der Waals surface area contributed by atoms with Gasteiger partial charge >= 0.3 is 0 Å². The summed E-state index contributed by atoms with van der Waals surface area (Å²) < 4.78 is 0. The molecule has 0 bridgehead atoms. The minimum Gasteiger partial charge on any atom is -0.396 e. The van der Waals surface area contributed by atoms with E-state index in [2.05, 4.69) is 0 Å². The van der Waals surface area contributed by atoms with Crippen molar-refractivity contribution in [2.75, 3.05) is 13.2 Å². The van der Waals surface area contributed by atoms with Gasteiger partial charge in [0.15, 0.2) is 0 Å². The molecule has 2 rings (SSSR count). The Hall–Kier alpha value is -1.68. The van der Waals surface area contributed by atoms with Gasteiger partial charge in [-0.25, -0.2) is 0 Å². The van der Waals surface area contributed by atoms with Gasteiger partial charge < -0.3 is 5.11 Å². The van der Waals surface area contributed by atoms with E-state index >= 15 is 0 Å². The molecule has 0 spiro atoms. The molecule has 1 aliphatic rings. The lowest BCUT2D eigenvalue weighted by Gasteiger charge is -2.18. The molecule has 0 aromatic heterocycles. The average molecular weight is 233 g/mol. The molecule has 0 saturated heterocycles. The van der Waals surface area contributed by atoms with Crippen molar-refractivity contribution in [1.29, 1.82) is 0 Å². The molecule has 90 valence electrons. The lowest BCUT2D eigenvalue weighted by molar-refractivity contribution is 0.0624. The maximum Gasteiger partial charge on any atom is 0.261 e. The Kier molecular flexibility index (Phi) is 3.24. The van der Waals surface area contributed by atoms with Crippen LogP contribution in [0.3, 0.4) is 0 Å². The van der Waals surface area contributed by atoms with Crippen LogP contribution < -0.4 is 0 Å². The maximum atomic E-state index is 12.0. The summed E-state index contributed by atoms with van der Waals surface area (Å²) in [5, 5.41) is 8.83. The fraction of sp³-hybridized carbons (Fsp3) is 0.385. The highest BCUT2D eigenvalue weighted by Gasteiger charge is 2.35. The zero-order valence-corrected chi connectivity index (χ0v) is 9.72. The summed E-state index contributed by atoms with van der Waals surface area (Å²) in [5.41, 5.74) is 0.961. The van der Waals surface area contributed by atoms with Crippen LogP contribution in [0.4, 0.5) is 0 Å². The molecule has 0 fully saturated rings. The Balaban J connectivity index is 2.19. The molecule has 1 aromatic rings. The minimum absolute atomic E-state index is 0.0737. The van der Waals surface area contributed by atoms with Gasteiger partial charge in [-0.1, -0.05) is 19.1 Å². The van der Waals surface area contributed by atoms with Crippen LogP contribution in [-0.4, -0.2) is 35.0 Å². The van der Waals surface area contributed by atoms with Crippen molar-refractivity contribution in [3.63, 3.8) is 0 Å². The molecule has 0 unspecified atom stereocenters. The number of aliphatic hydroxyl groups is 1. The Bertz CT molecular complexity index is 421. The van der Waals surface area contributed by atoms with E-state index in [4.69, 9.17) is 5.11 Å². The fourth-order valence-corrected chi connectivity index (χ4v) is 2.03. The average Bonchev–Trinajstić information content (AvgIpc) is 2.56. The smallest absolute Gasteiger partial charge is 0.261 e. The van der Waals surface area contributed by atoms with Crippen LogP contribution in [0.2, 0.25) is 0 Å². The number of amides is 2. The minimum atomic E-state index is -0.226. The second-order valence-corrected chi connectivity index (χ2v) is 4.38. The Morgan fingerprint density at radius 2 is 1.71 bits per heavy atom. The van der Waals surface area contributed by atoms with E-state index in [0.29, 0.717) is 24.1 Å². The number of fused-ring (bicyclic) bond motifs is 1. The van der Waals surface area contributed by atoms with Gasteiger partial charge in [0.25, 0.3) is 11.8 Å². The summed E-state index contributed by atoms with van der Waals surface area (Å²) in [6, 6.07) is 6.86. The van der Waals surface area contributed by atoms with Crippen LogP contribution in [0.5, 0.6) is 0 Å². The zero-order valence-electron chi connectivity index (χ0n) is 9.72. The second kappa shape index (κ2) is 4.67. The van der Waals surface area contributed by atoms with Crippen molar-refractivity contribution in [1.82, 2.24) is 4.90 Å². The molecular formula is C13H15NO3. The van der Waals surface area contributed by atoms with Crippen LogP contribution in [0, 0.1) is 5.92 Å². The van der Waals surface area contributed by atoms with E-state index in [9.17, 15) is 9.59 Å². The van der Waals surface area contributed by atoms with E-state index in [1.807, 2.05) is 6.92 Å². The molecule has 0 aliphatic carbocycles. The monoisotopic (exact) mass is 233 g/mol. The first-order chi connectivity index (χ1) is 8.15. The number of rotatable bonds is 4. The maximum absolute atomic E-state index is 12.0. The van der Waals surface area contributed by atoms with Gasteiger partial charge in [0.05, 0.1) is 11.1 Å². The molecule has 1 N–H and O–H groups in total. The van der Waals surface area contributed by atoms with Gasteiger partial charge in [0, 0.05) is 13.2 Å². The quantitative estimate of drug-likeness (QED) is 0.797. The molecule has 4 heteroatoms. The van der Waals surface area contributed by atoms with Crippen molar-refractivity contribution in [2.24, 2.45) is 5.92 Å². The van der Waals surface area contributed by atoms with E-state index in [1.54, 1.807) is 24.3 Å². The van der Waals surface area contributed by atoms with Gasteiger partial charge in [-0.2, -0.15) is 0 Å². The molecular weight excluding hydrogens is 218 g/mol. The highest BCUT2D eigenvalue weighted by molar-refractivity contribution is 6.21. The highest BCUT2D eigenvalue weighted by atomic mass is 16.3. The SMILES string of the molecule is C[C@H](CCO)CN1C(=O)c2ccccc2C1=O. The summed E-state index contributed by atoms with van der Waals surface area (Å²) in [5.74, 6) is -0.340. The Morgan fingerprint density at radius 3 is 2.18 bits per heavy atom. The predicted molar refractivity (Wildman–Crippen MR) is 62.7 cm³/mol.